The van der Waals surface area contributed by atoms with Gasteiger partial charge in [0.25, 0.3) is 0 Å². The second-order valence-corrected chi connectivity index (χ2v) is 7.98. The van der Waals surface area contributed by atoms with Crippen LogP contribution in [0.3, 0.4) is 0 Å². The van der Waals surface area contributed by atoms with Crippen LogP contribution in [0.2, 0.25) is 0 Å². The quantitative estimate of drug-likeness (QED) is 0.525. The molecule has 2 aromatic rings. The van der Waals surface area contributed by atoms with E-state index in [2.05, 4.69) is 69.5 Å². The summed E-state index contributed by atoms with van der Waals surface area (Å²) in [6, 6.07) is 15.3. The average Bonchev–Trinajstić information content (AvgIpc) is 2.63. The lowest BCUT2D eigenvalue weighted by Gasteiger charge is -2.20. The van der Waals surface area contributed by atoms with Gasteiger partial charge in [0, 0.05) is 23.4 Å². The van der Waals surface area contributed by atoms with Gasteiger partial charge in [-0.05, 0) is 44.7 Å². The number of ether oxygens (including phenoxy) is 1. The predicted octanol–water partition coefficient (Wildman–Crippen LogP) is 6.98. The van der Waals surface area contributed by atoms with Crippen LogP contribution in [0.4, 0.5) is 0 Å². The summed E-state index contributed by atoms with van der Waals surface area (Å²) in [5, 5.41) is 0. The monoisotopic (exact) mass is 363 g/mol. The normalized spacial score (nSPS) is 16.4. The third-order valence-corrected chi connectivity index (χ3v) is 5.34. The first-order valence-corrected chi connectivity index (χ1v) is 10.5. The van der Waals surface area contributed by atoms with Gasteiger partial charge in [0.2, 0.25) is 0 Å². The van der Waals surface area contributed by atoms with Crippen molar-refractivity contribution in [3.8, 4) is 16.9 Å². The second kappa shape index (κ2) is 9.73. The van der Waals surface area contributed by atoms with E-state index in [0.29, 0.717) is 6.04 Å². The maximum absolute atomic E-state index is 6.31. The molecule has 0 saturated heterocycles. The van der Waals surface area contributed by atoms with Crippen molar-refractivity contribution in [3.63, 3.8) is 0 Å². The molecule has 0 spiro atoms. The minimum atomic E-state index is 0.128. The molecule has 0 aromatic heterocycles. The predicted molar refractivity (Wildman–Crippen MR) is 116 cm³/mol. The molecular formula is C25H33NO. The SMILES string of the molecule is Cc1ccc(-c2ccccc2)c(OC(C)C)c1/C=N/C1CCCCCCC1. The fourth-order valence-electron chi connectivity index (χ4n) is 3.83. The van der Waals surface area contributed by atoms with Crippen molar-refractivity contribution in [1.82, 2.24) is 0 Å². The smallest absolute Gasteiger partial charge is 0.136 e. The number of aliphatic imine (C=N–C) groups is 1. The van der Waals surface area contributed by atoms with Crippen molar-refractivity contribution >= 4 is 6.21 Å². The molecule has 0 radical (unpaired) electrons. The first-order valence-electron chi connectivity index (χ1n) is 10.5. The van der Waals surface area contributed by atoms with Crippen molar-refractivity contribution in [2.75, 3.05) is 0 Å². The van der Waals surface area contributed by atoms with Crippen LogP contribution in [-0.2, 0) is 0 Å². The molecule has 0 aliphatic heterocycles. The van der Waals surface area contributed by atoms with E-state index in [9.17, 15) is 0 Å². The van der Waals surface area contributed by atoms with Gasteiger partial charge in [-0.3, -0.25) is 4.99 Å². The molecule has 2 aromatic carbocycles. The van der Waals surface area contributed by atoms with Gasteiger partial charge in [-0.2, -0.15) is 0 Å². The molecule has 0 N–H and O–H groups in total. The van der Waals surface area contributed by atoms with Crippen molar-refractivity contribution in [2.45, 2.75) is 77.9 Å². The summed E-state index contributed by atoms with van der Waals surface area (Å²) in [6.45, 7) is 6.33. The minimum absolute atomic E-state index is 0.128. The zero-order valence-electron chi connectivity index (χ0n) is 17.1. The van der Waals surface area contributed by atoms with Crippen LogP contribution >= 0.6 is 0 Å². The van der Waals surface area contributed by atoms with Gasteiger partial charge in [0.1, 0.15) is 5.75 Å². The highest BCUT2D eigenvalue weighted by Crippen LogP contribution is 2.35. The summed E-state index contributed by atoms with van der Waals surface area (Å²) < 4.78 is 6.31. The Labute approximate surface area is 164 Å². The summed E-state index contributed by atoms with van der Waals surface area (Å²) in [4.78, 5) is 5.01. The number of benzene rings is 2. The van der Waals surface area contributed by atoms with Crippen molar-refractivity contribution in [3.05, 3.63) is 53.6 Å². The molecule has 1 aliphatic carbocycles. The second-order valence-electron chi connectivity index (χ2n) is 7.98. The van der Waals surface area contributed by atoms with Crippen molar-refractivity contribution < 1.29 is 4.74 Å². The third-order valence-electron chi connectivity index (χ3n) is 5.34. The number of aryl methyl sites for hydroxylation is 1. The first kappa shape index (κ1) is 19.7. The van der Waals surface area contributed by atoms with E-state index < -0.39 is 0 Å². The Balaban J connectivity index is 1.96. The Morgan fingerprint density at radius 3 is 2.26 bits per heavy atom. The molecule has 1 fully saturated rings. The average molecular weight is 364 g/mol. The molecule has 144 valence electrons. The molecule has 0 atom stereocenters. The van der Waals surface area contributed by atoms with E-state index in [1.165, 1.54) is 56.1 Å². The summed E-state index contributed by atoms with van der Waals surface area (Å²) >= 11 is 0. The lowest BCUT2D eigenvalue weighted by atomic mass is 9.96. The van der Waals surface area contributed by atoms with Gasteiger partial charge >= 0.3 is 0 Å². The zero-order valence-corrected chi connectivity index (χ0v) is 17.1. The molecule has 0 bridgehead atoms. The third kappa shape index (κ3) is 5.45. The molecule has 1 aliphatic rings. The summed E-state index contributed by atoms with van der Waals surface area (Å²) in [7, 11) is 0. The fourth-order valence-corrected chi connectivity index (χ4v) is 3.83. The van der Waals surface area contributed by atoms with Gasteiger partial charge in [-0.25, -0.2) is 0 Å². The van der Waals surface area contributed by atoms with Crippen LogP contribution in [0.15, 0.2) is 47.5 Å². The largest absolute Gasteiger partial charge is 0.490 e. The maximum atomic E-state index is 6.31. The van der Waals surface area contributed by atoms with Crippen LogP contribution in [0.25, 0.3) is 11.1 Å². The molecule has 2 heteroatoms. The molecule has 27 heavy (non-hydrogen) atoms. The van der Waals surface area contributed by atoms with Crippen LogP contribution in [0.1, 0.15) is 69.9 Å². The van der Waals surface area contributed by atoms with E-state index in [4.69, 9.17) is 9.73 Å². The Bertz CT molecular complexity index is 740. The van der Waals surface area contributed by atoms with Gasteiger partial charge in [-0.15, -0.1) is 0 Å². The van der Waals surface area contributed by atoms with Gasteiger partial charge in [0.05, 0.1) is 6.10 Å². The molecular weight excluding hydrogens is 330 g/mol. The van der Waals surface area contributed by atoms with E-state index in [0.717, 1.165) is 16.9 Å². The van der Waals surface area contributed by atoms with Crippen LogP contribution in [0, 0.1) is 6.92 Å². The lowest BCUT2D eigenvalue weighted by Crippen LogP contribution is -2.11. The first-order chi connectivity index (χ1) is 13.1. The highest BCUT2D eigenvalue weighted by Gasteiger charge is 2.16. The van der Waals surface area contributed by atoms with Gasteiger partial charge in [0.15, 0.2) is 0 Å². The number of nitrogens with zero attached hydrogens (tertiary/aromatic N) is 1. The standard InChI is InChI=1S/C25H33NO/c1-19(2)27-25-23(21-12-8-7-9-13-21)17-16-20(3)24(25)18-26-22-14-10-5-4-6-11-15-22/h7-9,12-13,16-19,22H,4-6,10-11,14-15H2,1-3H3/b26-18+. The molecule has 0 heterocycles. The highest BCUT2D eigenvalue weighted by atomic mass is 16.5. The van der Waals surface area contributed by atoms with Crippen molar-refractivity contribution in [1.29, 1.82) is 0 Å². The minimum Gasteiger partial charge on any atom is -0.490 e. The number of rotatable bonds is 5. The maximum Gasteiger partial charge on any atom is 0.136 e. The molecule has 3 rings (SSSR count). The van der Waals surface area contributed by atoms with Gasteiger partial charge < -0.3 is 4.74 Å². The van der Waals surface area contributed by atoms with Crippen molar-refractivity contribution in [2.24, 2.45) is 4.99 Å². The zero-order chi connectivity index (χ0) is 19.1. The van der Waals surface area contributed by atoms with E-state index >= 15 is 0 Å². The number of hydrogen-bond acceptors (Lipinski definition) is 2. The highest BCUT2D eigenvalue weighted by molar-refractivity contribution is 5.90. The molecule has 0 amide bonds. The summed E-state index contributed by atoms with van der Waals surface area (Å²) in [5.41, 5.74) is 4.69. The van der Waals surface area contributed by atoms with Crippen LogP contribution in [-0.4, -0.2) is 18.4 Å². The topological polar surface area (TPSA) is 21.6 Å². The summed E-state index contributed by atoms with van der Waals surface area (Å²) in [5.74, 6) is 0.964. The Kier molecular flexibility index (Phi) is 7.09. The van der Waals surface area contributed by atoms with E-state index in [1.54, 1.807) is 0 Å². The molecule has 2 nitrogen and oxygen atoms in total. The van der Waals surface area contributed by atoms with Gasteiger partial charge in [-0.1, -0.05) is 74.6 Å². The van der Waals surface area contributed by atoms with Crippen LogP contribution in [0.5, 0.6) is 5.75 Å². The Morgan fingerprint density at radius 2 is 1.59 bits per heavy atom. The lowest BCUT2D eigenvalue weighted by molar-refractivity contribution is 0.243. The number of hydrogen-bond donors (Lipinski definition) is 0. The van der Waals surface area contributed by atoms with Crippen LogP contribution < -0.4 is 4.74 Å². The van der Waals surface area contributed by atoms with E-state index in [-0.39, 0.29) is 6.10 Å². The van der Waals surface area contributed by atoms with E-state index in [1.807, 2.05) is 0 Å². The molecule has 1 saturated carbocycles. The Morgan fingerprint density at radius 1 is 0.926 bits per heavy atom. The molecule has 0 unspecified atom stereocenters. The fraction of sp³-hybridized carbons (Fsp3) is 0.480. The Hall–Kier alpha value is -2.09. The summed E-state index contributed by atoms with van der Waals surface area (Å²) in [6.07, 6.45) is 11.4.